The van der Waals surface area contributed by atoms with Crippen LogP contribution in [0.4, 0.5) is 10.1 Å². The van der Waals surface area contributed by atoms with Gasteiger partial charge < -0.3 is 11.1 Å². The summed E-state index contributed by atoms with van der Waals surface area (Å²) in [5.74, 6) is -1.18. The summed E-state index contributed by atoms with van der Waals surface area (Å²) in [5, 5.41) is 2.53. The van der Waals surface area contributed by atoms with Crippen LogP contribution >= 0.6 is 12.4 Å². The van der Waals surface area contributed by atoms with Crippen molar-refractivity contribution in [2.24, 2.45) is 5.73 Å². The van der Waals surface area contributed by atoms with E-state index in [0.717, 1.165) is 12.1 Å². The first kappa shape index (κ1) is 21.8. The van der Waals surface area contributed by atoms with E-state index in [0.29, 0.717) is 13.0 Å². The third-order valence-electron chi connectivity index (χ3n) is 2.55. The lowest BCUT2D eigenvalue weighted by Crippen LogP contribution is -2.40. The van der Waals surface area contributed by atoms with E-state index in [9.17, 15) is 17.6 Å². The predicted octanol–water partition coefficient (Wildman–Crippen LogP) is 2.00. The minimum Gasteiger partial charge on any atom is -0.330 e. The Hall–Kier alpha value is -1.22. The van der Waals surface area contributed by atoms with Crippen molar-refractivity contribution in [2.45, 2.75) is 44.0 Å². The molecule has 0 heterocycles. The van der Waals surface area contributed by atoms with Crippen LogP contribution in [-0.4, -0.2) is 26.4 Å². The van der Waals surface area contributed by atoms with Crippen molar-refractivity contribution in [3.63, 3.8) is 0 Å². The Labute approximate surface area is 142 Å². The zero-order valence-corrected chi connectivity index (χ0v) is 15.0. The Morgan fingerprint density at radius 2 is 1.91 bits per heavy atom. The van der Waals surface area contributed by atoms with Gasteiger partial charge in [-0.2, -0.15) is 0 Å². The summed E-state index contributed by atoms with van der Waals surface area (Å²) in [4.78, 5) is 11.1. The summed E-state index contributed by atoms with van der Waals surface area (Å²) in [5.41, 5.74) is 4.79. The van der Waals surface area contributed by atoms with Crippen LogP contribution in [-0.2, 0) is 14.8 Å². The highest BCUT2D eigenvalue weighted by Gasteiger charge is 2.25. The lowest BCUT2D eigenvalue weighted by atomic mass is 10.1. The van der Waals surface area contributed by atoms with Gasteiger partial charge in [-0.3, -0.25) is 4.79 Å². The predicted molar refractivity (Wildman–Crippen MR) is 90.6 cm³/mol. The van der Waals surface area contributed by atoms with E-state index in [1.54, 1.807) is 20.8 Å². The maximum Gasteiger partial charge on any atom is 0.244 e. The smallest absolute Gasteiger partial charge is 0.244 e. The average Bonchev–Trinajstić information content (AvgIpc) is 2.35. The lowest BCUT2D eigenvalue weighted by Gasteiger charge is -2.20. The molecule has 0 bridgehead atoms. The molecule has 0 spiro atoms. The number of nitrogens with one attached hydrogen (secondary N) is 2. The quantitative estimate of drug-likeness (QED) is 0.715. The van der Waals surface area contributed by atoms with Crippen LogP contribution in [0.3, 0.4) is 0 Å². The zero-order valence-electron chi connectivity index (χ0n) is 13.3. The van der Waals surface area contributed by atoms with Gasteiger partial charge in [0.25, 0.3) is 0 Å². The highest BCUT2D eigenvalue weighted by Crippen LogP contribution is 2.21. The van der Waals surface area contributed by atoms with Gasteiger partial charge in [0.05, 0.1) is 0 Å². The van der Waals surface area contributed by atoms with Gasteiger partial charge in [-0.1, -0.05) is 0 Å². The molecular weight excluding hydrogens is 345 g/mol. The van der Waals surface area contributed by atoms with Crippen LogP contribution in [0.2, 0.25) is 0 Å². The highest BCUT2D eigenvalue weighted by molar-refractivity contribution is 7.89. The van der Waals surface area contributed by atoms with Crippen molar-refractivity contribution in [2.75, 3.05) is 11.9 Å². The topological polar surface area (TPSA) is 101 Å². The van der Waals surface area contributed by atoms with E-state index in [2.05, 4.69) is 10.0 Å². The number of carbonyl (C=O) groups is 1. The van der Waals surface area contributed by atoms with Crippen LogP contribution in [0.15, 0.2) is 23.1 Å². The SMILES string of the molecule is CC(C)(C)NS(=O)(=O)c1cc(NC(=O)CCCN)ccc1F.Cl. The summed E-state index contributed by atoms with van der Waals surface area (Å²) < 4.78 is 40.6. The Kier molecular flexibility index (Phi) is 8.13. The molecule has 1 aromatic carbocycles. The van der Waals surface area contributed by atoms with Gasteiger partial charge in [-0.15, -0.1) is 12.4 Å². The van der Waals surface area contributed by atoms with Crippen LogP contribution in [0, 0.1) is 5.82 Å². The Bertz CT molecular complexity index is 645. The number of halogens is 2. The minimum atomic E-state index is -4.02. The molecule has 0 aromatic heterocycles. The largest absolute Gasteiger partial charge is 0.330 e. The number of carbonyl (C=O) groups excluding carboxylic acids is 1. The van der Waals surface area contributed by atoms with Crippen LogP contribution in [0.5, 0.6) is 0 Å². The first-order chi connectivity index (χ1) is 10.0. The number of sulfonamides is 1. The third-order valence-corrected chi connectivity index (χ3v) is 4.33. The Balaban J connectivity index is 0.00000484. The molecule has 0 aliphatic rings. The molecule has 0 saturated carbocycles. The van der Waals surface area contributed by atoms with Crippen LogP contribution in [0.25, 0.3) is 0 Å². The van der Waals surface area contributed by atoms with E-state index in [1.165, 1.54) is 6.07 Å². The highest BCUT2D eigenvalue weighted by atomic mass is 35.5. The molecule has 0 saturated heterocycles. The molecule has 9 heteroatoms. The maximum absolute atomic E-state index is 13.8. The van der Waals surface area contributed by atoms with Crippen LogP contribution < -0.4 is 15.8 Å². The maximum atomic E-state index is 13.8. The molecule has 0 atom stereocenters. The van der Waals surface area contributed by atoms with Crippen molar-refractivity contribution >= 4 is 34.0 Å². The molecule has 6 nitrogen and oxygen atoms in total. The number of amides is 1. The van der Waals surface area contributed by atoms with E-state index in [4.69, 9.17) is 5.73 Å². The monoisotopic (exact) mass is 367 g/mol. The molecule has 1 rings (SSSR count). The fraction of sp³-hybridized carbons (Fsp3) is 0.500. The van der Waals surface area contributed by atoms with E-state index in [-0.39, 0.29) is 30.4 Å². The third kappa shape index (κ3) is 7.26. The molecule has 4 N–H and O–H groups in total. The molecule has 1 amide bonds. The fourth-order valence-corrected chi connectivity index (χ4v) is 3.25. The number of rotatable bonds is 6. The lowest BCUT2D eigenvalue weighted by molar-refractivity contribution is -0.116. The summed E-state index contributed by atoms with van der Waals surface area (Å²) in [6, 6.07) is 3.42. The van der Waals surface area contributed by atoms with Gasteiger partial charge in [-0.25, -0.2) is 17.5 Å². The second-order valence-corrected chi connectivity index (χ2v) is 7.59. The normalized spacial score (nSPS) is 11.7. The van der Waals surface area contributed by atoms with Gasteiger partial charge >= 0.3 is 0 Å². The first-order valence-corrected chi connectivity index (χ1v) is 8.37. The van der Waals surface area contributed by atoms with Gasteiger partial charge in [0.2, 0.25) is 15.9 Å². The molecule has 0 radical (unpaired) electrons. The van der Waals surface area contributed by atoms with E-state index < -0.39 is 26.3 Å². The van der Waals surface area contributed by atoms with Crippen molar-refractivity contribution in [1.29, 1.82) is 0 Å². The molecule has 0 aliphatic heterocycles. The number of nitrogens with two attached hydrogens (primary N) is 1. The van der Waals surface area contributed by atoms with Gasteiger partial charge in [0, 0.05) is 17.6 Å². The minimum absolute atomic E-state index is 0. The standard InChI is InChI=1S/C14H22FN3O3S.ClH/c1-14(2,3)18-22(20,21)12-9-10(6-7-11(12)15)17-13(19)5-4-8-16;/h6-7,9,18H,4-5,8,16H2,1-3H3,(H,17,19);1H. The van der Waals surface area contributed by atoms with E-state index >= 15 is 0 Å². The van der Waals surface area contributed by atoms with E-state index in [1.807, 2.05) is 0 Å². The van der Waals surface area contributed by atoms with Gasteiger partial charge in [-0.05, 0) is 51.9 Å². The number of anilines is 1. The zero-order chi connectivity index (χ0) is 17.0. The summed E-state index contributed by atoms with van der Waals surface area (Å²) in [6.07, 6.45) is 0.736. The van der Waals surface area contributed by atoms with Crippen molar-refractivity contribution in [1.82, 2.24) is 4.72 Å². The second-order valence-electron chi connectivity index (χ2n) is 5.94. The van der Waals surface area contributed by atoms with Crippen molar-refractivity contribution < 1.29 is 17.6 Å². The first-order valence-electron chi connectivity index (χ1n) is 6.88. The average molecular weight is 368 g/mol. The summed E-state index contributed by atoms with van der Waals surface area (Å²) in [6.45, 7) is 5.34. The Morgan fingerprint density at radius 1 is 1.30 bits per heavy atom. The van der Waals surface area contributed by atoms with Crippen LogP contribution in [0.1, 0.15) is 33.6 Å². The van der Waals surface area contributed by atoms with Crippen molar-refractivity contribution in [3.05, 3.63) is 24.0 Å². The molecule has 0 aliphatic carbocycles. The molecule has 23 heavy (non-hydrogen) atoms. The molecule has 0 fully saturated rings. The fourth-order valence-electron chi connectivity index (χ4n) is 1.73. The second kappa shape index (κ2) is 8.58. The summed E-state index contributed by atoms with van der Waals surface area (Å²) in [7, 11) is -4.02. The number of benzene rings is 1. The summed E-state index contributed by atoms with van der Waals surface area (Å²) >= 11 is 0. The Morgan fingerprint density at radius 3 is 2.43 bits per heavy atom. The van der Waals surface area contributed by atoms with Gasteiger partial charge in [0.15, 0.2) is 0 Å². The molecular formula is C14H23ClFN3O3S. The number of hydrogen-bond acceptors (Lipinski definition) is 4. The molecule has 1 aromatic rings. The molecule has 132 valence electrons. The van der Waals surface area contributed by atoms with Crippen molar-refractivity contribution in [3.8, 4) is 0 Å². The molecule has 0 unspecified atom stereocenters. The van der Waals surface area contributed by atoms with Gasteiger partial charge in [0.1, 0.15) is 10.7 Å². The number of hydrogen-bond donors (Lipinski definition) is 3.